The minimum Gasteiger partial charge on any atom is -0.389 e. The van der Waals surface area contributed by atoms with Crippen LogP contribution < -0.4 is 0 Å². The summed E-state index contributed by atoms with van der Waals surface area (Å²) in [4.78, 5) is 0. The fourth-order valence-electron chi connectivity index (χ4n) is 0.659. The van der Waals surface area contributed by atoms with Crippen molar-refractivity contribution in [2.75, 3.05) is 0 Å². The molecule has 0 fully saturated rings. The van der Waals surface area contributed by atoms with Crippen molar-refractivity contribution >= 4 is 0 Å². The molecule has 0 aromatic rings. The van der Waals surface area contributed by atoms with Gasteiger partial charge in [0.2, 0.25) is 0 Å². The molecule has 60 valence electrons. The lowest BCUT2D eigenvalue weighted by atomic mass is 10.0. The summed E-state index contributed by atoms with van der Waals surface area (Å²) in [5, 5.41) is 18.1. The molecule has 0 saturated heterocycles. The van der Waals surface area contributed by atoms with Crippen LogP contribution in [0.1, 0.15) is 27.7 Å². The van der Waals surface area contributed by atoms with E-state index >= 15 is 0 Å². The highest BCUT2D eigenvalue weighted by Gasteiger charge is 2.06. The Balaban J connectivity index is 4.34. The summed E-state index contributed by atoms with van der Waals surface area (Å²) in [5.74, 6) is 0. The maximum Gasteiger partial charge on any atom is 0.0722 e. The predicted molar refractivity (Wildman–Crippen MR) is 41.7 cm³/mol. The topological polar surface area (TPSA) is 40.5 Å². The lowest BCUT2D eigenvalue weighted by Gasteiger charge is -2.12. The van der Waals surface area contributed by atoms with E-state index in [0.717, 1.165) is 11.1 Å². The van der Waals surface area contributed by atoms with Crippen LogP contribution in [0.15, 0.2) is 11.1 Å². The molecule has 10 heavy (non-hydrogen) atoms. The van der Waals surface area contributed by atoms with E-state index in [-0.39, 0.29) is 0 Å². The maximum atomic E-state index is 9.07. The first kappa shape index (κ1) is 9.66. The molecule has 0 amide bonds. The molecule has 0 aliphatic carbocycles. The van der Waals surface area contributed by atoms with Gasteiger partial charge >= 0.3 is 0 Å². The zero-order valence-electron chi connectivity index (χ0n) is 7.05. The van der Waals surface area contributed by atoms with Gasteiger partial charge in [-0.3, -0.25) is 0 Å². The van der Waals surface area contributed by atoms with Crippen LogP contribution in [0.4, 0.5) is 0 Å². The lowest BCUT2D eigenvalue weighted by Crippen LogP contribution is -2.10. The van der Waals surface area contributed by atoms with Crippen molar-refractivity contribution < 1.29 is 10.2 Å². The molecule has 0 bridgehead atoms. The SMILES string of the molecule is C/C(=C(/C)C(C)O)C(C)O. The molecule has 0 rings (SSSR count). The Morgan fingerprint density at radius 3 is 1.20 bits per heavy atom. The molecule has 0 aromatic heterocycles. The Bertz CT molecular complexity index is 118. The van der Waals surface area contributed by atoms with E-state index in [1.165, 1.54) is 0 Å². The third kappa shape index (κ3) is 2.50. The first-order valence-corrected chi connectivity index (χ1v) is 3.50. The van der Waals surface area contributed by atoms with Crippen LogP contribution in [0.5, 0.6) is 0 Å². The van der Waals surface area contributed by atoms with Crippen LogP contribution in [0.2, 0.25) is 0 Å². The van der Waals surface area contributed by atoms with Crippen molar-refractivity contribution in [1.29, 1.82) is 0 Å². The highest BCUT2D eigenvalue weighted by molar-refractivity contribution is 5.15. The van der Waals surface area contributed by atoms with Crippen molar-refractivity contribution in [3.05, 3.63) is 11.1 Å². The molecular formula is C8H16O2. The average Bonchev–Trinajstić information content (AvgIpc) is 1.84. The van der Waals surface area contributed by atoms with Crippen LogP contribution in [-0.2, 0) is 0 Å². The van der Waals surface area contributed by atoms with Gasteiger partial charge in [-0.2, -0.15) is 0 Å². The largest absolute Gasteiger partial charge is 0.389 e. The second-order valence-electron chi connectivity index (χ2n) is 2.72. The van der Waals surface area contributed by atoms with E-state index in [4.69, 9.17) is 10.2 Å². The third-order valence-corrected chi connectivity index (χ3v) is 1.88. The minimum absolute atomic E-state index is 0.449. The molecular weight excluding hydrogens is 128 g/mol. The van der Waals surface area contributed by atoms with Gasteiger partial charge in [0.25, 0.3) is 0 Å². The summed E-state index contributed by atoms with van der Waals surface area (Å²) in [6.45, 7) is 7.04. The highest BCUT2D eigenvalue weighted by atomic mass is 16.3. The quantitative estimate of drug-likeness (QED) is 0.569. The number of aliphatic hydroxyl groups excluding tert-OH is 2. The second-order valence-corrected chi connectivity index (χ2v) is 2.72. The zero-order valence-corrected chi connectivity index (χ0v) is 7.05. The van der Waals surface area contributed by atoms with Gasteiger partial charge in [-0.25, -0.2) is 0 Å². The summed E-state index contributed by atoms with van der Waals surface area (Å²) in [6.07, 6.45) is -0.899. The predicted octanol–water partition coefficient (Wildman–Crippen LogP) is 1.08. The average molecular weight is 144 g/mol. The lowest BCUT2D eigenvalue weighted by molar-refractivity contribution is 0.209. The van der Waals surface area contributed by atoms with Crippen molar-refractivity contribution in [2.24, 2.45) is 0 Å². The van der Waals surface area contributed by atoms with Crippen molar-refractivity contribution in [3.63, 3.8) is 0 Å². The van der Waals surface area contributed by atoms with Gasteiger partial charge in [0.1, 0.15) is 0 Å². The molecule has 0 aliphatic rings. The van der Waals surface area contributed by atoms with Crippen molar-refractivity contribution in [1.82, 2.24) is 0 Å². The summed E-state index contributed by atoms with van der Waals surface area (Å²) < 4.78 is 0. The van der Waals surface area contributed by atoms with Crippen LogP contribution >= 0.6 is 0 Å². The molecule has 0 spiro atoms. The molecule has 2 unspecified atom stereocenters. The maximum absolute atomic E-state index is 9.07. The van der Waals surface area contributed by atoms with Crippen molar-refractivity contribution in [2.45, 2.75) is 39.9 Å². The Morgan fingerprint density at radius 1 is 0.900 bits per heavy atom. The van der Waals surface area contributed by atoms with Crippen molar-refractivity contribution in [3.8, 4) is 0 Å². The Morgan fingerprint density at radius 2 is 1.10 bits per heavy atom. The molecule has 0 aromatic carbocycles. The third-order valence-electron chi connectivity index (χ3n) is 1.88. The van der Waals surface area contributed by atoms with Gasteiger partial charge in [0.15, 0.2) is 0 Å². The van der Waals surface area contributed by atoms with E-state index < -0.39 is 12.2 Å². The van der Waals surface area contributed by atoms with Crippen LogP contribution in [0.25, 0.3) is 0 Å². The monoisotopic (exact) mass is 144 g/mol. The van der Waals surface area contributed by atoms with Gasteiger partial charge in [-0.15, -0.1) is 0 Å². The van der Waals surface area contributed by atoms with Gasteiger partial charge < -0.3 is 10.2 Å². The first-order chi connectivity index (χ1) is 4.46. The molecule has 2 atom stereocenters. The van der Waals surface area contributed by atoms with Gasteiger partial charge in [0.05, 0.1) is 12.2 Å². The number of aliphatic hydroxyl groups is 2. The normalized spacial score (nSPS) is 19.8. The van der Waals surface area contributed by atoms with E-state index in [1.54, 1.807) is 13.8 Å². The molecule has 0 saturated carbocycles. The van der Waals surface area contributed by atoms with Crippen LogP contribution in [0, 0.1) is 0 Å². The minimum atomic E-state index is -0.449. The second kappa shape index (κ2) is 3.74. The van der Waals surface area contributed by atoms with E-state index in [2.05, 4.69) is 0 Å². The zero-order chi connectivity index (χ0) is 8.31. The fraction of sp³-hybridized carbons (Fsp3) is 0.750. The Hall–Kier alpha value is -0.340. The highest BCUT2D eigenvalue weighted by Crippen LogP contribution is 2.11. The molecule has 0 aliphatic heterocycles. The van der Waals surface area contributed by atoms with E-state index in [1.807, 2.05) is 13.8 Å². The van der Waals surface area contributed by atoms with Gasteiger partial charge in [-0.1, -0.05) is 0 Å². The number of hydrogen-bond donors (Lipinski definition) is 2. The standard InChI is InChI=1S/C8H16O2/c1-5(7(3)9)6(2)8(4)10/h7-10H,1-4H3/b6-5+. The summed E-state index contributed by atoms with van der Waals surface area (Å²) in [5.41, 5.74) is 1.71. The number of hydrogen-bond acceptors (Lipinski definition) is 2. The van der Waals surface area contributed by atoms with E-state index in [9.17, 15) is 0 Å². The smallest absolute Gasteiger partial charge is 0.0722 e. The van der Waals surface area contributed by atoms with Crippen LogP contribution in [0.3, 0.4) is 0 Å². The van der Waals surface area contributed by atoms with E-state index in [0.29, 0.717) is 0 Å². The molecule has 2 N–H and O–H groups in total. The number of rotatable bonds is 2. The molecule has 2 heteroatoms. The summed E-state index contributed by atoms with van der Waals surface area (Å²) >= 11 is 0. The van der Waals surface area contributed by atoms with Gasteiger partial charge in [-0.05, 0) is 38.8 Å². The Kier molecular flexibility index (Phi) is 3.61. The first-order valence-electron chi connectivity index (χ1n) is 3.50. The molecule has 0 radical (unpaired) electrons. The Labute approximate surface area is 62.2 Å². The van der Waals surface area contributed by atoms with Crippen LogP contribution in [-0.4, -0.2) is 22.4 Å². The molecule has 2 nitrogen and oxygen atoms in total. The summed E-state index contributed by atoms with van der Waals surface area (Å²) in [6, 6.07) is 0. The van der Waals surface area contributed by atoms with Gasteiger partial charge in [0, 0.05) is 0 Å². The fourth-order valence-corrected chi connectivity index (χ4v) is 0.659. The summed E-state index contributed by atoms with van der Waals surface area (Å²) in [7, 11) is 0. The molecule has 0 heterocycles.